The predicted octanol–water partition coefficient (Wildman–Crippen LogP) is 4.54. The Morgan fingerprint density at radius 2 is 1.77 bits per heavy atom. The van der Waals surface area contributed by atoms with Crippen molar-refractivity contribution in [1.82, 2.24) is 19.5 Å². The number of aromatic nitrogens is 4. The fraction of sp³-hybridized carbons (Fsp3) is 0.476. The number of nitrogens with two attached hydrogens (primary N) is 1. The molecule has 1 saturated carbocycles. The summed E-state index contributed by atoms with van der Waals surface area (Å²) in [5, 5.41) is 6.98. The molecule has 0 radical (unpaired) electrons. The first-order valence-electron chi connectivity index (χ1n) is 10.1. The first-order valence-corrected chi connectivity index (χ1v) is 10.1. The van der Waals surface area contributed by atoms with Gasteiger partial charge in [-0.2, -0.15) is 9.97 Å². The second kappa shape index (κ2) is 10.8. The minimum atomic E-state index is 0. The Morgan fingerprint density at radius 3 is 2.43 bits per heavy atom. The molecule has 2 aromatic heterocycles. The molecule has 2 heterocycles. The number of anilines is 2. The zero-order valence-corrected chi connectivity index (χ0v) is 19.0. The highest BCUT2D eigenvalue weighted by Crippen LogP contribution is 2.26. The van der Waals surface area contributed by atoms with E-state index in [0.717, 1.165) is 42.7 Å². The maximum absolute atomic E-state index is 6.04. The third-order valence-electron chi connectivity index (χ3n) is 5.39. The van der Waals surface area contributed by atoms with Crippen molar-refractivity contribution in [1.29, 1.82) is 0 Å². The van der Waals surface area contributed by atoms with Crippen molar-refractivity contribution in [3.8, 4) is 0 Å². The van der Waals surface area contributed by atoms with Crippen molar-refractivity contribution >= 4 is 47.7 Å². The van der Waals surface area contributed by atoms with E-state index < -0.39 is 0 Å². The number of fused-ring (bicyclic) bond motifs is 1. The molecule has 4 N–H and O–H groups in total. The SMILES string of the molecule is CC(C)n1cnc2c(NCc3ccccc3)nc(N[C@H]3CC[C@H](N)CC3)nc21.Cl.Cl. The Labute approximate surface area is 190 Å². The van der Waals surface area contributed by atoms with E-state index in [9.17, 15) is 0 Å². The third kappa shape index (κ3) is 5.53. The van der Waals surface area contributed by atoms with Gasteiger partial charge in [-0.15, -0.1) is 24.8 Å². The van der Waals surface area contributed by atoms with E-state index in [4.69, 9.17) is 15.7 Å². The van der Waals surface area contributed by atoms with E-state index in [1.165, 1.54) is 5.56 Å². The van der Waals surface area contributed by atoms with Crippen molar-refractivity contribution in [3.63, 3.8) is 0 Å². The van der Waals surface area contributed by atoms with Gasteiger partial charge >= 0.3 is 0 Å². The molecule has 1 aliphatic carbocycles. The lowest BCUT2D eigenvalue weighted by molar-refractivity contribution is 0.410. The summed E-state index contributed by atoms with van der Waals surface area (Å²) >= 11 is 0. The molecule has 7 nitrogen and oxygen atoms in total. The normalized spacial score (nSPS) is 18.5. The molecule has 1 aromatic carbocycles. The van der Waals surface area contributed by atoms with Crippen LogP contribution in [0.15, 0.2) is 36.7 Å². The summed E-state index contributed by atoms with van der Waals surface area (Å²) in [5.41, 5.74) is 8.91. The van der Waals surface area contributed by atoms with Crippen LogP contribution in [0.5, 0.6) is 0 Å². The smallest absolute Gasteiger partial charge is 0.227 e. The lowest BCUT2D eigenvalue weighted by Gasteiger charge is -2.27. The zero-order valence-electron chi connectivity index (χ0n) is 17.4. The summed E-state index contributed by atoms with van der Waals surface area (Å²) in [6, 6.07) is 11.3. The van der Waals surface area contributed by atoms with Gasteiger partial charge in [0, 0.05) is 24.7 Å². The van der Waals surface area contributed by atoms with Crippen LogP contribution in [0.25, 0.3) is 11.2 Å². The van der Waals surface area contributed by atoms with Gasteiger partial charge in [-0.25, -0.2) is 4.98 Å². The number of hydrogen-bond acceptors (Lipinski definition) is 6. The van der Waals surface area contributed by atoms with Gasteiger partial charge in [0.05, 0.1) is 6.33 Å². The molecule has 4 rings (SSSR count). The molecule has 0 bridgehead atoms. The summed E-state index contributed by atoms with van der Waals surface area (Å²) in [5.74, 6) is 1.43. The molecule has 0 unspecified atom stereocenters. The van der Waals surface area contributed by atoms with Gasteiger partial charge in [-0.1, -0.05) is 30.3 Å². The highest BCUT2D eigenvalue weighted by molar-refractivity contribution is 5.86. The highest BCUT2D eigenvalue weighted by atomic mass is 35.5. The van der Waals surface area contributed by atoms with E-state index in [1.54, 1.807) is 0 Å². The summed E-state index contributed by atoms with van der Waals surface area (Å²) in [6.45, 7) is 4.96. The van der Waals surface area contributed by atoms with Crippen LogP contribution in [0, 0.1) is 0 Å². The van der Waals surface area contributed by atoms with Crippen molar-refractivity contribution < 1.29 is 0 Å². The van der Waals surface area contributed by atoms with Gasteiger partial charge in [0.15, 0.2) is 17.0 Å². The van der Waals surface area contributed by atoms with Crippen molar-refractivity contribution in [2.24, 2.45) is 5.73 Å². The Kier molecular flexibility index (Phi) is 8.70. The summed E-state index contributed by atoms with van der Waals surface area (Å²) in [7, 11) is 0. The molecule has 0 atom stereocenters. The molecule has 0 amide bonds. The predicted molar refractivity (Wildman–Crippen MR) is 128 cm³/mol. The quantitative estimate of drug-likeness (QED) is 0.508. The van der Waals surface area contributed by atoms with Gasteiger partial charge in [-0.3, -0.25) is 0 Å². The van der Waals surface area contributed by atoms with Crippen LogP contribution in [0.4, 0.5) is 11.8 Å². The number of rotatable bonds is 6. The van der Waals surface area contributed by atoms with E-state index in [2.05, 4.69) is 46.2 Å². The average Bonchev–Trinajstić information content (AvgIpc) is 3.13. The van der Waals surface area contributed by atoms with Crippen LogP contribution in [0.1, 0.15) is 51.1 Å². The molecule has 0 aliphatic heterocycles. The largest absolute Gasteiger partial charge is 0.364 e. The molecule has 0 saturated heterocycles. The number of halogens is 2. The molecule has 30 heavy (non-hydrogen) atoms. The van der Waals surface area contributed by atoms with Gasteiger partial charge < -0.3 is 20.9 Å². The Bertz CT molecular complexity index is 922. The van der Waals surface area contributed by atoms with E-state index in [0.29, 0.717) is 24.6 Å². The first-order chi connectivity index (χ1) is 13.6. The maximum atomic E-state index is 6.04. The summed E-state index contributed by atoms with van der Waals surface area (Å²) in [6.07, 6.45) is 6.05. The number of nitrogens with zero attached hydrogens (tertiary/aromatic N) is 4. The fourth-order valence-electron chi connectivity index (χ4n) is 3.71. The molecule has 0 spiro atoms. The lowest BCUT2D eigenvalue weighted by Crippen LogP contribution is -2.33. The Balaban J connectivity index is 0.00000160. The standard InChI is InChI=1S/C21H29N7.2ClH/c1-14(2)28-13-24-18-19(23-12-15-6-4-3-5-7-15)26-21(27-20(18)28)25-17-10-8-16(22)9-11-17;;/h3-7,13-14,16-17H,8-12,22H2,1-2H3,(H2,23,25,26,27);2*1H/t16-,17-;;. The molecule has 1 aliphatic rings. The molecule has 3 aromatic rings. The van der Waals surface area contributed by atoms with Crippen molar-refractivity contribution in [2.45, 2.75) is 64.2 Å². The highest BCUT2D eigenvalue weighted by Gasteiger charge is 2.21. The summed E-state index contributed by atoms with van der Waals surface area (Å²) < 4.78 is 2.09. The average molecular weight is 452 g/mol. The zero-order chi connectivity index (χ0) is 19.5. The van der Waals surface area contributed by atoms with E-state index in [-0.39, 0.29) is 30.9 Å². The van der Waals surface area contributed by atoms with Crippen LogP contribution in [0.3, 0.4) is 0 Å². The minimum absolute atomic E-state index is 0. The maximum Gasteiger partial charge on any atom is 0.227 e. The summed E-state index contributed by atoms with van der Waals surface area (Å²) in [4.78, 5) is 14.1. The van der Waals surface area contributed by atoms with Gasteiger partial charge in [0.1, 0.15) is 0 Å². The first kappa shape index (κ1) is 24.2. The van der Waals surface area contributed by atoms with Crippen LogP contribution < -0.4 is 16.4 Å². The van der Waals surface area contributed by atoms with Gasteiger partial charge in [0.2, 0.25) is 5.95 Å². The Hall–Kier alpha value is -2.09. The van der Waals surface area contributed by atoms with E-state index in [1.807, 2.05) is 24.5 Å². The van der Waals surface area contributed by atoms with Crippen molar-refractivity contribution in [2.75, 3.05) is 10.6 Å². The second-order valence-electron chi connectivity index (χ2n) is 7.91. The van der Waals surface area contributed by atoms with E-state index >= 15 is 0 Å². The van der Waals surface area contributed by atoms with Crippen molar-refractivity contribution in [3.05, 3.63) is 42.2 Å². The Morgan fingerprint density at radius 1 is 1.07 bits per heavy atom. The van der Waals surface area contributed by atoms with Crippen LogP contribution >= 0.6 is 24.8 Å². The second-order valence-corrected chi connectivity index (χ2v) is 7.91. The topological polar surface area (TPSA) is 93.7 Å². The van der Waals surface area contributed by atoms with Gasteiger partial charge in [-0.05, 0) is 45.1 Å². The third-order valence-corrected chi connectivity index (χ3v) is 5.39. The minimum Gasteiger partial charge on any atom is -0.364 e. The fourth-order valence-corrected chi connectivity index (χ4v) is 3.71. The lowest BCUT2D eigenvalue weighted by atomic mass is 9.92. The molecular formula is C21H31Cl2N7. The van der Waals surface area contributed by atoms with Crippen LogP contribution in [-0.2, 0) is 6.54 Å². The molecule has 164 valence electrons. The number of hydrogen-bond donors (Lipinski definition) is 3. The number of imidazole rings is 1. The monoisotopic (exact) mass is 451 g/mol. The number of nitrogens with one attached hydrogen (secondary N) is 2. The molecule has 9 heteroatoms. The molecular weight excluding hydrogens is 421 g/mol. The molecule has 1 fully saturated rings. The van der Waals surface area contributed by atoms with Crippen LogP contribution in [-0.4, -0.2) is 31.6 Å². The van der Waals surface area contributed by atoms with Gasteiger partial charge in [0.25, 0.3) is 0 Å². The van der Waals surface area contributed by atoms with Crippen LogP contribution in [0.2, 0.25) is 0 Å². The number of benzene rings is 1.